The zero-order valence-corrected chi connectivity index (χ0v) is 13.1. The second kappa shape index (κ2) is 17.1. The van der Waals surface area contributed by atoms with Gasteiger partial charge in [0.15, 0.2) is 0 Å². The second-order valence-corrected chi connectivity index (χ2v) is 4.46. The molecule has 0 spiro atoms. The van der Waals surface area contributed by atoms with Gasteiger partial charge in [-0.2, -0.15) is 0 Å². The van der Waals surface area contributed by atoms with Crippen molar-refractivity contribution in [2.45, 2.75) is 50.6 Å². The van der Waals surface area contributed by atoms with Crippen molar-refractivity contribution in [1.29, 1.82) is 0 Å². The Balaban J connectivity index is -0.000000295. The molecule has 0 aliphatic carbocycles. The molecule has 10 N–H and O–H groups in total. The highest BCUT2D eigenvalue weighted by Gasteiger charge is 2.09. The molecular formula is C12H29ClN4O4. The van der Waals surface area contributed by atoms with E-state index in [9.17, 15) is 9.59 Å². The fourth-order valence-electron chi connectivity index (χ4n) is 1.26. The highest BCUT2D eigenvalue weighted by Crippen LogP contribution is 1.97. The first-order valence-corrected chi connectivity index (χ1v) is 6.73. The van der Waals surface area contributed by atoms with E-state index in [0.717, 1.165) is 25.7 Å². The summed E-state index contributed by atoms with van der Waals surface area (Å²) >= 11 is 0. The summed E-state index contributed by atoms with van der Waals surface area (Å²) < 4.78 is 0. The molecule has 0 aliphatic heterocycles. The smallest absolute Gasteiger partial charge is 0.320 e. The number of unbranched alkanes of at least 4 members (excludes halogenated alkanes) is 2. The minimum atomic E-state index is -0.933. The molecule has 0 fully saturated rings. The van der Waals surface area contributed by atoms with Gasteiger partial charge in [0.2, 0.25) is 0 Å². The van der Waals surface area contributed by atoms with Crippen LogP contribution in [0.2, 0.25) is 0 Å². The molecule has 21 heavy (non-hydrogen) atoms. The van der Waals surface area contributed by atoms with Gasteiger partial charge in [-0.1, -0.05) is 12.8 Å². The van der Waals surface area contributed by atoms with Crippen molar-refractivity contribution in [1.82, 2.24) is 0 Å². The highest BCUT2D eigenvalue weighted by molar-refractivity contribution is 5.85. The van der Waals surface area contributed by atoms with E-state index in [1.165, 1.54) is 0 Å². The normalized spacial score (nSPS) is 12.4. The molecule has 0 saturated heterocycles. The van der Waals surface area contributed by atoms with E-state index >= 15 is 0 Å². The van der Waals surface area contributed by atoms with E-state index in [0.29, 0.717) is 25.9 Å². The van der Waals surface area contributed by atoms with Crippen LogP contribution in [0.3, 0.4) is 0 Å². The van der Waals surface area contributed by atoms with Crippen molar-refractivity contribution in [3.8, 4) is 0 Å². The van der Waals surface area contributed by atoms with Crippen molar-refractivity contribution in [2.75, 3.05) is 13.1 Å². The Labute approximate surface area is 131 Å². The molecular weight excluding hydrogens is 300 g/mol. The predicted molar refractivity (Wildman–Crippen MR) is 84.3 cm³/mol. The van der Waals surface area contributed by atoms with Crippen LogP contribution < -0.4 is 22.9 Å². The van der Waals surface area contributed by atoms with Gasteiger partial charge in [0.1, 0.15) is 12.1 Å². The molecule has 0 aromatic carbocycles. The Kier molecular flexibility index (Phi) is 20.4. The maximum Gasteiger partial charge on any atom is 0.320 e. The Morgan fingerprint density at radius 1 is 0.762 bits per heavy atom. The molecule has 0 aromatic rings. The molecule has 9 heteroatoms. The number of nitrogens with two attached hydrogens (primary N) is 4. The van der Waals surface area contributed by atoms with Crippen molar-refractivity contribution >= 4 is 24.3 Å². The second-order valence-electron chi connectivity index (χ2n) is 4.46. The average molecular weight is 329 g/mol. The Morgan fingerprint density at radius 2 is 1.05 bits per heavy atom. The van der Waals surface area contributed by atoms with E-state index in [1.54, 1.807) is 0 Å². The summed E-state index contributed by atoms with van der Waals surface area (Å²) in [6, 6.07) is -1.43. The predicted octanol–water partition coefficient (Wildman–Crippen LogP) is -0.524. The summed E-state index contributed by atoms with van der Waals surface area (Å²) in [5.41, 5.74) is 20.8. The summed E-state index contributed by atoms with van der Waals surface area (Å²) in [4.78, 5) is 20.3. The Bertz CT molecular complexity index is 244. The van der Waals surface area contributed by atoms with Crippen molar-refractivity contribution in [2.24, 2.45) is 22.9 Å². The molecule has 8 nitrogen and oxygen atoms in total. The Morgan fingerprint density at radius 3 is 1.24 bits per heavy atom. The molecule has 0 radical (unpaired) electrons. The van der Waals surface area contributed by atoms with Gasteiger partial charge < -0.3 is 33.1 Å². The summed E-state index contributed by atoms with van der Waals surface area (Å²) in [6.45, 7) is 1.21. The fraction of sp³-hybridized carbons (Fsp3) is 0.833. The van der Waals surface area contributed by atoms with Gasteiger partial charge in [-0.3, -0.25) is 9.59 Å². The number of hydrogen-bond donors (Lipinski definition) is 6. The van der Waals surface area contributed by atoms with Crippen LogP contribution in [0.5, 0.6) is 0 Å². The highest BCUT2D eigenvalue weighted by atomic mass is 35.5. The third-order valence-electron chi connectivity index (χ3n) is 2.57. The van der Waals surface area contributed by atoms with Crippen molar-refractivity contribution in [3.63, 3.8) is 0 Å². The first-order chi connectivity index (χ1) is 9.36. The number of carboxylic acid groups (broad SMARTS) is 2. The summed E-state index contributed by atoms with van der Waals surface area (Å²) in [5, 5.41) is 16.7. The van der Waals surface area contributed by atoms with E-state index in [4.69, 9.17) is 33.1 Å². The fourth-order valence-corrected chi connectivity index (χ4v) is 1.26. The number of carbonyl (C=O) groups is 2. The van der Waals surface area contributed by atoms with Gasteiger partial charge in [-0.05, 0) is 38.8 Å². The van der Waals surface area contributed by atoms with Gasteiger partial charge in [0, 0.05) is 0 Å². The zero-order chi connectivity index (χ0) is 16.0. The number of hydrogen-bond acceptors (Lipinski definition) is 6. The number of halogens is 1. The zero-order valence-electron chi connectivity index (χ0n) is 12.2. The van der Waals surface area contributed by atoms with Crippen LogP contribution in [0.4, 0.5) is 0 Å². The minimum absolute atomic E-state index is 0. The monoisotopic (exact) mass is 328 g/mol. The molecule has 0 bridgehead atoms. The van der Waals surface area contributed by atoms with Gasteiger partial charge >= 0.3 is 11.9 Å². The quantitative estimate of drug-likeness (QED) is 0.290. The lowest BCUT2D eigenvalue weighted by Gasteiger charge is -2.03. The number of rotatable bonds is 10. The van der Waals surface area contributed by atoms with Gasteiger partial charge in [0.25, 0.3) is 0 Å². The van der Waals surface area contributed by atoms with E-state index in [1.807, 2.05) is 0 Å². The number of carboxylic acids is 2. The molecule has 2 atom stereocenters. The van der Waals surface area contributed by atoms with Crippen LogP contribution in [0.1, 0.15) is 38.5 Å². The maximum absolute atomic E-state index is 10.1. The number of aliphatic carboxylic acids is 2. The summed E-state index contributed by atoms with van der Waals surface area (Å²) in [7, 11) is 0. The molecule has 0 aliphatic rings. The van der Waals surface area contributed by atoms with E-state index in [-0.39, 0.29) is 12.4 Å². The first kappa shape index (κ1) is 25.0. The third kappa shape index (κ3) is 19.1. The molecule has 0 heterocycles. The molecule has 0 amide bonds. The van der Waals surface area contributed by atoms with E-state index < -0.39 is 24.0 Å². The van der Waals surface area contributed by atoms with Crippen LogP contribution in [-0.4, -0.2) is 47.3 Å². The summed E-state index contributed by atoms with van der Waals surface area (Å²) in [5.74, 6) is -1.87. The van der Waals surface area contributed by atoms with Crippen molar-refractivity contribution in [3.05, 3.63) is 0 Å². The molecule has 2 unspecified atom stereocenters. The maximum atomic E-state index is 10.1. The summed E-state index contributed by atoms with van der Waals surface area (Å²) in [6.07, 6.45) is 4.33. The van der Waals surface area contributed by atoms with Crippen LogP contribution in [0, 0.1) is 0 Å². The topological polar surface area (TPSA) is 179 Å². The molecule has 0 aromatic heterocycles. The lowest BCUT2D eigenvalue weighted by atomic mass is 10.1. The standard InChI is InChI=1S/2C6H14N2O2.ClH/c2*7-4-2-1-3-5(8)6(9)10;/h2*5H,1-4,7-8H2,(H,9,10);1H. The van der Waals surface area contributed by atoms with Gasteiger partial charge in [-0.25, -0.2) is 0 Å². The SMILES string of the molecule is Cl.NCCCCC(N)C(=O)O.NCCCCC(N)C(=O)O. The van der Waals surface area contributed by atoms with Gasteiger partial charge in [0.05, 0.1) is 0 Å². The lowest BCUT2D eigenvalue weighted by molar-refractivity contribution is -0.139. The minimum Gasteiger partial charge on any atom is -0.480 e. The van der Waals surface area contributed by atoms with E-state index in [2.05, 4.69) is 0 Å². The largest absolute Gasteiger partial charge is 0.480 e. The van der Waals surface area contributed by atoms with Crippen molar-refractivity contribution < 1.29 is 19.8 Å². The van der Waals surface area contributed by atoms with Crippen LogP contribution in [-0.2, 0) is 9.59 Å². The molecule has 0 rings (SSSR count). The molecule has 128 valence electrons. The van der Waals surface area contributed by atoms with Crippen LogP contribution >= 0.6 is 12.4 Å². The lowest BCUT2D eigenvalue weighted by Crippen LogP contribution is -2.29. The third-order valence-corrected chi connectivity index (χ3v) is 2.57. The van der Waals surface area contributed by atoms with Crippen LogP contribution in [0.25, 0.3) is 0 Å². The van der Waals surface area contributed by atoms with Crippen LogP contribution in [0.15, 0.2) is 0 Å². The average Bonchev–Trinajstić information content (AvgIpc) is 2.39. The van der Waals surface area contributed by atoms with Gasteiger partial charge in [-0.15, -0.1) is 12.4 Å². The molecule has 0 saturated carbocycles. The first-order valence-electron chi connectivity index (χ1n) is 6.73. The Hall–Kier alpha value is -0.930.